The van der Waals surface area contributed by atoms with E-state index in [1.807, 2.05) is 31.2 Å². The maximum Gasteiger partial charge on any atom is 0.311 e. The Kier molecular flexibility index (Phi) is 7.95. The van der Waals surface area contributed by atoms with Crippen LogP contribution in [0.4, 0.5) is 11.4 Å². The van der Waals surface area contributed by atoms with Crippen LogP contribution in [-0.4, -0.2) is 82.7 Å². The number of amides is 2. The quantitative estimate of drug-likeness (QED) is 0.348. The molecule has 9 heteroatoms. The minimum atomic E-state index is -0.786. The number of hydrogen-bond acceptors (Lipinski definition) is 7. The molecule has 1 spiro atoms. The maximum atomic E-state index is 14.4. The maximum absolute atomic E-state index is 14.4. The van der Waals surface area contributed by atoms with E-state index in [9.17, 15) is 19.5 Å². The number of benzene rings is 1. The van der Waals surface area contributed by atoms with Gasteiger partial charge in [-0.05, 0) is 64.8 Å². The Morgan fingerprint density at radius 3 is 2.41 bits per heavy atom. The standard InChI is InChI=1S/C28H39N3O5S/c1-6-16-30(20-12-10-19(11-13-20)29(7-2)8-3)25(34)23-28-15-14-27(5,37-28)22(26(35)36-9-4)21(28)24(33)31(23)17-18-32/h6,10-13,21-23,32H,1,7-9,14-18H2,2-5H3/t21-,22-,23?,27+,28?/m0/s1. The van der Waals surface area contributed by atoms with Crippen LogP contribution in [0.5, 0.6) is 0 Å². The van der Waals surface area contributed by atoms with Crippen molar-refractivity contribution in [3.05, 3.63) is 36.9 Å². The molecule has 2 bridgehead atoms. The normalized spacial score (nSPS) is 29.8. The number of fused-ring (bicyclic) bond motifs is 1. The average Bonchev–Trinajstić information content (AvgIpc) is 3.45. The van der Waals surface area contributed by atoms with Crippen LogP contribution in [0.15, 0.2) is 36.9 Å². The molecule has 3 fully saturated rings. The third kappa shape index (κ3) is 4.34. The number of β-amino-alcohol motifs (C(OH)–C–C–N with tert-alkyl or cyclic N) is 1. The highest BCUT2D eigenvalue weighted by molar-refractivity contribution is 8.02. The Hall–Kier alpha value is -2.52. The highest BCUT2D eigenvalue weighted by atomic mass is 32.2. The fraction of sp³-hybridized carbons (Fsp3) is 0.607. The first kappa shape index (κ1) is 27.5. The van der Waals surface area contributed by atoms with Gasteiger partial charge in [-0.25, -0.2) is 0 Å². The van der Waals surface area contributed by atoms with E-state index in [1.165, 1.54) is 4.90 Å². The van der Waals surface area contributed by atoms with Gasteiger partial charge in [-0.2, -0.15) is 0 Å². The second kappa shape index (κ2) is 10.7. The van der Waals surface area contributed by atoms with Crippen molar-refractivity contribution >= 4 is 40.9 Å². The molecule has 2 amide bonds. The lowest BCUT2D eigenvalue weighted by Crippen LogP contribution is -2.55. The van der Waals surface area contributed by atoms with Gasteiger partial charge < -0.3 is 24.5 Å². The summed E-state index contributed by atoms with van der Waals surface area (Å²) >= 11 is 1.60. The van der Waals surface area contributed by atoms with Gasteiger partial charge in [0.25, 0.3) is 5.91 Å². The first-order valence-electron chi connectivity index (χ1n) is 13.3. The lowest BCUT2D eigenvalue weighted by atomic mass is 9.66. The second-order valence-corrected chi connectivity index (χ2v) is 12.1. The van der Waals surface area contributed by atoms with E-state index in [0.717, 1.165) is 30.9 Å². The van der Waals surface area contributed by atoms with Crippen LogP contribution in [0.2, 0.25) is 0 Å². The molecular weight excluding hydrogens is 490 g/mol. The van der Waals surface area contributed by atoms with Gasteiger partial charge in [0.05, 0.1) is 29.8 Å². The van der Waals surface area contributed by atoms with Crippen molar-refractivity contribution in [2.45, 2.75) is 56.1 Å². The molecule has 8 nitrogen and oxygen atoms in total. The van der Waals surface area contributed by atoms with Crippen LogP contribution in [0.25, 0.3) is 0 Å². The van der Waals surface area contributed by atoms with Crippen LogP contribution in [0, 0.1) is 11.8 Å². The monoisotopic (exact) mass is 529 g/mol. The zero-order valence-corrected chi connectivity index (χ0v) is 23.1. The number of hydrogen-bond donors (Lipinski definition) is 1. The number of aliphatic hydroxyl groups is 1. The van der Waals surface area contributed by atoms with Gasteiger partial charge in [0.15, 0.2) is 0 Å². The van der Waals surface area contributed by atoms with Crippen LogP contribution in [-0.2, 0) is 19.1 Å². The highest BCUT2D eigenvalue weighted by Crippen LogP contribution is 2.71. The Morgan fingerprint density at radius 2 is 1.84 bits per heavy atom. The van der Waals surface area contributed by atoms with Crippen molar-refractivity contribution in [2.75, 3.05) is 49.2 Å². The molecule has 0 aromatic heterocycles. The van der Waals surface area contributed by atoms with Crippen molar-refractivity contribution in [3.8, 4) is 0 Å². The molecule has 0 saturated carbocycles. The van der Waals surface area contributed by atoms with Gasteiger partial charge in [0.1, 0.15) is 6.04 Å². The number of nitrogens with zero attached hydrogens (tertiary/aromatic N) is 3. The van der Waals surface area contributed by atoms with Gasteiger partial charge in [-0.3, -0.25) is 14.4 Å². The molecule has 5 atom stereocenters. The molecule has 37 heavy (non-hydrogen) atoms. The smallest absolute Gasteiger partial charge is 0.311 e. The number of likely N-dealkylation sites (tertiary alicyclic amines) is 1. The minimum Gasteiger partial charge on any atom is -0.466 e. The van der Waals surface area contributed by atoms with E-state index in [-0.39, 0.29) is 44.1 Å². The summed E-state index contributed by atoms with van der Waals surface area (Å²) < 4.78 is 4.20. The van der Waals surface area contributed by atoms with Crippen LogP contribution in [0.3, 0.4) is 0 Å². The fourth-order valence-corrected chi connectivity index (χ4v) is 9.01. The molecule has 3 aliphatic heterocycles. The van der Waals surface area contributed by atoms with Crippen molar-refractivity contribution < 1.29 is 24.2 Å². The van der Waals surface area contributed by atoms with Crippen LogP contribution >= 0.6 is 11.8 Å². The molecule has 0 aliphatic carbocycles. The number of rotatable bonds is 11. The van der Waals surface area contributed by atoms with E-state index in [0.29, 0.717) is 6.42 Å². The first-order valence-corrected chi connectivity index (χ1v) is 14.1. The number of ether oxygens (including phenoxy) is 1. The molecular formula is C28H39N3O5S. The topological polar surface area (TPSA) is 90.4 Å². The summed E-state index contributed by atoms with van der Waals surface area (Å²) in [5.74, 6) is -2.08. The lowest BCUT2D eigenvalue weighted by Gasteiger charge is -2.37. The average molecular weight is 530 g/mol. The number of anilines is 2. The summed E-state index contributed by atoms with van der Waals surface area (Å²) in [7, 11) is 0. The van der Waals surface area contributed by atoms with Crippen molar-refractivity contribution in [1.29, 1.82) is 0 Å². The molecule has 0 radical (unpaired) electrons. The molecule has 3 heterocycles. The first-order chi connectivity index (χ1) is 17.7. The number of carbonyl (C=O) groups excluding carboxylic acids is 3. The summed E-state index contributed by atoms with van der Waals surface area (Å²) in [6.45, 7) is 13.9. The Bertz CT molecular complexity index is 1040. The van der Waals surface area contributed by atoms with Gasteiger partial charge in [0.2, 0.25) is 5.91 Å². The largest absolute Gasteiger partial charge is 0.466 e. The van der Waals surface area contributed by atoms with E-state index >= 15 is 0 Å². The Labute approximate surface area is 224 Å². The zero-order chi connectivity index (χ0) is 27.0. The summed E-state index contributed by atoms with van der Waals surface area (Å²) in [6, 6.07) is 7.09. The molecule has 202 valence electrons. The molecule has 1 aromatic rings. The zero-order valence-electron chi connectivity index (χ0n) is 22.3. The van der Waals surface area contributed by atoms with Gasteiger partial charge in [-0.15, -0.1) is 18.3 Å². The molecule has 2 unspecified atom stereocenters. The van der Waals surface area contributed by atoms with Crippen molar-refractivity contribution in [1.82, 2.24) is 4.90 Å². The Morgan fingerprint density at radius 1 is 1.19 bits per heavy atom. The van der Waals surface area contributed by atoms with Crippen LogP contribution in [0.1, 0.15) is 40.5 Å². The van der Waals surface area contributed by atoms with E-state index in [1.54, 1.807) is 29.7 Å². The van der Waals surface area contributed by atoms with Gasteiger partial charge in [0, 0.05) is 42.3 Å². The third-order valence-corrected chi connectivity index (χ3v) is 10.2. The number of thioether (sulfide) groups is 1. The predicted octanol–water partition coefficient (Wildman–Crippen LogP) is 3.09. The van der Waals surface area contributed by atoms with Gasteiger partial charge in [-0.1, -0.05) is 6.08 Å². The molecule has 1 aromatic carbocycles. The molecule has 3 aliphatic rings. The molecule has 4 rings (SSSR count). The molecule has 1 N–H and O–H groups in total. The third-order valence-electron chi connectivity index (χ3n) is 8.26. The summed E-state index contributed by atoms with van der Waals surface area (Å²) in [6.07, 6.45) is 3.06. The number of carbonyl (C=O) groups is 3. The SMILES string of the molecule is C=CCN(C(=O)C1N(CCO)C(=O)[C@@H]2[C@@H](C(=O)OCC)[C@@]3(C)CCC12S3)c1ccc(N(CC)CC)cc1. The summed E-state index contributed by atoms with van der Waals surface area (Å²) in [5, 5.41) is 9.83. The lowest BCUT2D eigenvalue weighted by molar-refractivity contribution is -0.155. The second-order valence-electron chi connectivity index (χ2n) is 10.2. The summed E-state index contributed by atoms with van der Waals surface area (Å²) in [5.41, 5.74) is 1.80. The van der Waals surface area contributed by atoms with E-state index in [4.69, 9.17) is 4.74 Å². The fourth-order valence-electron chi connectivity index (χ4n) is 6.67. The Balaban J connectivity index is 1.74. The molecule has 3 saturated heterocycles. The van der Waals surface area contributed by atoms with E-state index in [2.05, 4.69) is 25.3 Å². The number of esters is 1. The predicted molar refractivity (Wildman–Crippen MR) is 147 cm³/mol. The van der Waals surface area contributed by atoms with Gasteiger partial charge >= 0.3 is 5.97 Å². The highest BCUT2D eigenvalue weighted by Gasteiger charge is 2.77. The van der Waals surface area contributed by atoms with Crippen LogP contribution < -0.4 is 9.80 Å². The van der Waals surface area contributed by atoms with E-state index < -0.39 is 27.4 Å². The van der Waals surface area contributed by atoms with Crippen molar-refractivity contribution in [2.24, 2.45) is 11.8 Å². The minimum absolute atomic E-state index is 0.0448. The number of aliphatic hydroxyl groups excluding tert-OH is 1. The summed E-state index contributed by atoms with van der Waals surface area (Å²) in [4.78, 5) is 46.7. The van der Waals surface area contributed by atoms with Crippen molar-refractivity contribution in [3.63, 3.8) is 0 Å².